The van der Waals surface area contributed by atoms with E-state index in [1.807, 2.05) is 25.1 Å². The Morgan fingerprint density at radius 1 is 1.12 bits per heavy atom. The molecule has 1 aromatic carbocycles. The van der Waals surface area contributed by atoms with Gasteiger partial charge in [-0.05, 0) is 31.6 Å². The normalized spacial score (nSPS) is 16.4. The lowest BCUT2D eigenvalue weighted by Gasteiger charge is -2.29. The highest BCUT2D eigenvalue weighted by Gasteiger charge is 2.38. The lowest BCUT2D eigenvalue weighted by atomic mass is 10.1. The van der Waals surface area contributed by atoms with E-state index in [2.05, 4.69) is 6.92 Å². The van der Waals surface area contributed by atoms with Crippen LogP contribution in [0.2, 0.25) is 0 Å². The van der Waals surface area contributed by atoms with Crippen molar-refractivity contribution in [3.63, 3.8) is 0 Å². The van der Waals surface area contributed by atoms with E-state index in [4.69, 9.17) is 14.2 Å². The minimum atomic E-state index is -1.24. The zero-order valence-electron chi connectivity index (χ0n) is 14.7. The largest absolute Gasteiger partial charge is 0.493 e. The van der Waals surface area contributed by atoms with Crippen LogP contribution in [-0.4, -0.2) is 24.3 Å². The Morgan fingerprint density at radius 2 is 1.79 bits per heavy atom. The SMILES string of the molecule is CCCCCOc1ccc(C)cc1C=C1C(=O)OC(C)(C)OC1=O. The molecule has 5 nitrogen and oxygen atoms in total. The van der Waals surface area contributed by atoms with Crippen molar-refractivity contribution in [2.75, 3.05) is 6.61 Å². The zero-order valence-corrected chi connectivity index (χ0v) is 14.7. The molecule has 1 aliphatic rings. The average molecular weight is 332 g/mol. The van der Waals surface area contributed by atoms with Gasteiger partial charge in [0.2, 0.25) is 0 Å². The van der Waals surface area contributed by atoms with E-state index in [0.717, 1.165) is 24.8 Å². The Bertz CT molecular complexity index is 636. The van der Waals surface area contributed by atoms with Gasteiger partial charge < -0.3 is 14.2 Å². The summed E-state index contributed by atoms with van der Waals surface area (Å²) in [6, 6.07) is 5.64. The van der Waals surface area contributed by atoms with Crippen LogP contribution in [0, 0.1) is 6.92 Å². The predicted molar refractivity (Wildman–Crippen MR) is 90.4 cm³/mol. The number of rotatable bonds is 6. The van der Waals surface area contributed by atoms with E-state index in [1.165, 1.54) is 19.9 Å². The minimum absolute atomic E-state index is 0.127. The molecule has 0 spiro atoms. The van der Waals surface area contributed by atoms with Crippen LogP contribution < -0.4 is 4.74 Å². The van der Waals surface area contributed by atoms with Crippen molar-refractivity contribution in [1.29, 1.82) is 0 Å². The summed E-state index contributed by atoms with van der Waals surface area (Å²) in [7, 11) is 0. The second kappa shape index (κ2) is 7.51. The Balaban J connectivity index is 2.25. The Labute approximate surface area is 142 Å². The van der Waals surface area contributed by atoms with Crippen LogP contribution >= 0.6 is 0 Å². The van der Waals surface area contributed by atoms with Gasteiger partial charge in [0.15, 0.2) is 0 Å². The number of unbranched alkanes of at least 4 members (excludes halogenated alkanes) is 2. The second-order valence-electron chi connectivity index (χ2n) is 6.33. The summed E-state index contributed by atoms with van der Waals surface area (Å²) >= 11 is 0. The fourth-order valence-corrected chi connectivity index (χ4v) is 2.38. The molecule has 130 valence electrons. The molecule has 0 saturated carbocycles. The molecule has 1 fully saturated rings. The summed E-state index contributed by atoms with van der Waals surface area (Å²) in [5.74, 6) is -1.98. The maximum Gasteiger partial charge on any atom is 0.348 e. The molecular weight excluding hydrogens is 308 g/mol. The van der Waals surface area contributed by atoms with E-state index in [0.29, 0.717) is 17.9 Å². The first kappa shape index (κ1) is 18.0. The number of ether oxygens (including phenoxy) is 3. The third kappa shape index (κ3) is 4.60. The minimum Gasteiger partial charge on any atom is -0.493 e. The Morgan fingerprint density at radius 3 is 2.42 bits per heavy atom. The van der Waals surface area contributed by atoms with Crippen molar-refractivity contribution in [1.82, 2.24) is 0 Å². The highest BCUT2D eigenvalue weighted by Crippen LogP contribution is 2.28. The van der Waals surface area contributed by atoms with Crippen molar-refractivity contribution >= 4 is 18.0 Å². The van der Waals surface area contributed by atoms with Gasteiger partial charge in [-0.15, -0.1) is 0 Å². The van der Waals surface area contributed by atoms with Crippen LogP contribution in [0.4, 0.5) is 0 Å². The van der Waals surface area contributed by atoms with E-state index in [-0.39, 0.29) is 5.57 Å². The molecular formula is C19H24O5. The van der Waals surface area contributed by atoms with Crippen molar-refractivity contribution in [3.05, 3.63) is 34.9 Å². The number of esters is 2. The summed E-state index contributed by atoms with van der Waals surface area (Å²) in [4.78, 5) is 24.2. The molecule has 2 rings (SSSR count). The summed E-state index contributed by atoms with van der Waals surface area (Å²) in [6.45, 7) is 7.70. The first-order valence-corrected chi connectivity index (χ1v) is 8.24. The molecule has 0 radical (unpaired) electrons. The highest BCUT2D eigenvalue weighted by atomic mass is 16.7. The topological polar surface area (TPSA) is 61.8 Å². The molecule has 0 bridgehead atoms. The van der Waals surface area contributed by atoms with Crippen LogP contribution in [-0.2, 0) is 19.1 Å². The van der Waals surface area contributed by atoms with Gasteiger partial charge in [0.25, 0.3) is 5.79 Å². The van der Waals surface area contributed by atoms with Gasteiger partial charge in [0.1, 0.15) is 11.3 Å². The molecule has 1 heterocycles. The molecule has 0 amide bonds. The quantitative estimate of drug-likeness (QED) is 0.343. The number of hydrogen-bond acceptors (Lipinski definition) is 5. The van der Waals surface area contributed by atoms with Crippen molar-refractivity contribution in [2.24, 2.45) is 0 Å². The summed E-state index contributed by atoms with van der Waals surface area (Å²) in [5.41, 5.74) is 1.54. The number of benzene rings is 1. The molecule has 5 heteroatoms. The van der Waals surface area contributed by atoms with Gasteiger partial charge >= 0.3 is 11.9 Å². The molecule has 1 aromatic rings. The van der Waals surface area contributed by atoms with Gasteiger partial charge in [-0.1, -0.05) is 31.4 Å². The Kier molecular flexibility index (Phi) is 5.65. The average Bonchev–Trinajstić information content (AvgIpc) is 2.48. The van der Waals surface area contributed by atoms with Gasteiger partial charge in [-0.25, -0.2) is 9.59 Å². The van der Waals surface area contributed by atoms with E-state index < -0.39 is 17.7 Å². The van der Waals surface area contributed by atoms with E-state index >= 15 is 0 Å². The monoisotopic (exact) mass is 332 g/mol. The first-order chi connectivity index (χ1) is 11.3. The van der Waals surface area contributed by atoms with Crippen LogP contribution in [0.25, 0.3) is 6.08 Å². The lowest BCUT2D eigenvalue weighted by molar-refractivity contribution is -0.222. The van der Waals surface area contributed by atoms with Crippen molar-refractivity contribution in [2.45, 2.75) is 52.7 Å². The standard InChI is InChI=1S/C19H24O5/c1-5-6-7-10-22-16-9-8-13(2)11-14(16)12-15-17(20)23-19(3,4)24-18(15)21/h8-9,11-12H,5-7,10H2,1-4H3. The molecule has 0 unspecified atom stereocenters. The van der Waals surface area contributed by atoms with Crippen LogP contribution in [0.15, 0.2) is 23.8 Å². The van der Waals surface area contributed by atoms with E-state index in [1.54, 1.807) is 0 Å². The summed E-state index contributed by atoms with van der Waals surface area (Å²) in [5, 5.41) is 0. The van der Waals surface area contributed by atoms with Crippen LogP contribution in [0.3, 0.4) is 0 Å². The zero-order chi connectivity index (χ0) is 17.7. The number of hydrogen-bond donors (Lipinski definition) is 0. The summed E-state index contributed by atoms with van der Waals surface area (Å²) in [6.07, 6.45) is 4.64. The molecule has 0 aliphatic carbocycles. The highest BCUT2D eigenvalue weighted by molar-refractivity contribution is 6.19. The molecule has 24 heavy (non-hydrogen) atoms. The number of aryl methyl sites for hydroxylation is 1. The summed E-state index contributed by atoms with van der Waals surface area (Å²) < 4.78 is 16.0. The second-order valence-corrected chi connectivity index (χ2v) is 6.33. The fourth-order valence-electron chi connectivity index (χ4n) is 2.38. The van der Waals surface area contributed by atoms with Crippen LogP contribution in [0.1, 0.15) is 51.2 Å². The number of carbonyl (C=O) groups excluding carboxylic acids is 2. The Hall–Kier alpha value is -2.30. The third-order valence-electron chi connectivity index (χ3n) is 3.59. The van der Waals surface area contributed by atoms with Gasteiger partial charge in [0.05, 0.1) is 6.61 Å². The molecule has 1 saturated heterocycles. The number of carbonyl (C=O) groups is 2. The maximum absolute atomic E-state index is 12.1. The predicted octanol–water partition coefficient (Wildman–Crippen LogP) is 3.78. The third-order valence-corrected chi connectivity index (χ3v) is 3.59. The molecule has 0 N–H and O–H groups in total. The number of cyclic esters (lactones) is 2. The maximum atomic E-state index is 12.1. The molecule has 0 atom stereocenters. The molecule has 0 aromatic heterocycles. The smallest absolute Gasteiger partial charge is 0.348 e. The van der Waals surface area contributed by atoms with Gasteiger partial charge in [-0.3, -0.25) is 0 Å². The van der Waals surface area contributed by atoms with Crippen LogP contribution in [0.5, 0.6) is 5.75 Å². The lowest BCUT2D eigenvalue weighted by Crippen LogP contribution is -2.41. The fraction of sp³-hybridized carbons (Fsp3) is 0.474. The van der Waals surface area contributed by atoms with Gasteiger partial charge in [-0.2, -0.15) is 0 Å². The van der Waals surface area contributed by atoms with E-state index in [9.17, 15) is 9.59 Å². The van der Waals surface area contributed by atoms with Crippen molar-refractivity contribution < 1.29 is 23.8 Å². The van der Waals surface area contributed by atoms with Gasteiger partial charge in [0, 0.05) is 19.4 Å². The van der Waals surface area contributed by atoms with Crippen molar-refractivity contribution in [3.8, 4) is 5.75 Å². The molecule has 1 aliphatic heterocycles. The first-order valence-electron chi connectivity index (χ1n) is 8.24.